The van der Waals surface area contributed by atoms with Crippen LogP contribution in [0.25, 0.3) is 0 Å². The van der Waals surface area contributed by atoms with Crippen LogP contribution in [0.4, 0.5) is 0 Å². The van der Waals surface area contributed by atoms with E-state index in [4.69, 9.17) is 11.6 Å². The normalized spacial score (nSPS) is 9.40. The van der Waals surface area contributed by atoms with Gasteiger partial charge in [-0.15, -0.1) is 0 Å². The predicted molar refractivity (Wildman–Crippen MR) is 50.3 cm³/mol. The zero-order valence-corrected chi connectivity index (χ0v) is 7.70. The molecule has 0 aromatic heterocycles. The Morgan fingerprint density at radius 2 is 1.60 bits per heavy atom. The number of hydrogen-bond acceptors (Lipinski definition) is 0. The highest BCUT2D eigenvalue weighted by Crippen LogP contribution is 1.93. The van der Waals surface area contributed by atoms with Gasteiger partial charge in [-0.1, -0.05) is 42.5 Å². The quantitative estimate of drug-likeness (QED) is 0.508. The van der Waals surface area contributed by atoms with Crippen molar-refractivity contribution >= 4 is 11.6 Å². The Morgan fingerprint density at radius 1 is 1.40 bits per heavy atom. The van der Waals surface area contributed by atoms with Crippen LogP contribution in [-0.4, -0.2) is 0 Å². The van der Waals surface area contributed by atoms with Crippen molar-refractivity contribution in [3.05, 3.63) is 35.9 Å². The van der Waals surface area contributed by atoms with Crippen molar-refractivity contribution in [1.29, 1.82) is 0 Å². The first-order chi connectivity index (χ1) is 4.54. The van der Waals surface area contributed by atoms with Gasteiger partial charge in [-0.25, -0.2) is 0 Å². The first-order valence-corrected chi connectivity index (χ1v) is 3.48. The van der Waals surface area contributed by atoms with Gasteiger partial charge < -0.3 is 0 Å². The molecule has 0 spiro atoms. The molecule has 0 saturated heterocycles. The molecule has 0 N–H and O–H groups in total. The fourth-order valence-corrected chi connectivity index (χ4v) is 0. The summed E-state index contributed by atoms with van der Waals surface area (Å²) < 4.78 is 0. The molecule has 0 amide bonds. The van der Waals surface area contributed by atoms with Gasteiger partial charge in [0.1, 0.15) is 0 Å². The maximum Gasteiger partial charge on any atom is 0.0107 e. The van der Waals surface area contributed by atoms with Crippen LogP contribution in [0.3, 0.4) is 0 Å². The van der Waals surface area contributed by atoms with Crippen LogP contribution in [0.2, 0.25) is 0 Å². The van der Waals surface area contributed by atoms with Crippen molar-refractivity contribution in [3.8, 4) is 0 Å². The van der Waals surface area contributed by atoms with Crippen LogP contribution in [0.5, 0.6) is 0 Å². The molecule has 10 heavy (non-hydrogen) atoms. The third-order valence-corrected chi connectivity index (χ3v) is 0.964. The average Bonchev–Trinajstić information content (AvgIpc) is 1.89. The van der Waals surface area contributed by atoms with E-state index in [2.05, 4.69) is 13.2 Å². The molecule has 0 saturated carbocycles. The summed E-state index contributed by atoms with van der Waals surface area (Å²) in [6, 6.07) is 0. The van der Waals surface area contributed by atoms with Gasteiger partial charge in [0.2, 0.25) is 0 Å². The van der Waals surface area contributed by atoms with E-state index in [1.807, 2.05) is 26.8 Å². The van der Waals surface area contributed by atoms with Crippen molar-refractivity contribution in [1.82, 2.24) is 0 Å². The smallest absolute Gasteiger partial charge is 0.0107 e. The molecule has 1 heteroatoms. The summed E-state index contributed by atoms with van der Waals surface area (Å²) in [5, 5.41) is 0.852. The van der Waals surface area contributed by atoms with Gasteiger partial charge in [-0.05, 0) is 20.8 Å². The molecule has 0 aromatic rings. The zero-order valence-electron chi connectivity index (χ0n) is 6.95. The molecule has 0 heterocycles. The van der Waals surface area contributed by atoms with E-state index in [1.165, 1.54) is 0 Å². The lowest BCUT2D eigenvalue weighted by atomic mass is 10.4. The van der Waals surface area contributed by atoms with E-state index >= 15 is 0 Å². The number of hydrogen-bond donors (Lipinski definition) is 0. The standard InChI is InChI=1S/C5H8.C4H7Cl/c1-4-5(2)3;1-3-4(2)5/h4H,1-2H2,3H3;3H,1-2H3/b;4-3+. The minimum atomic E-state index is 0.852. The molecule has 0 unspecified atom stereocenters. The van der Waals surface area contributed by atoms with Crippen molar-refractivity contribution in [2.45, 2.75) is 20.8 Å². The fraction of sp³-hybridized carbons (Fsp3) is 0.333. The molecule has 0 radical (unpaired) electrons. The zero-order chi connectivity index (χ0) is 8.57. The van der Waals surface area contributed by atoms with E-state index in [9.17, 15) is 0 Å². The molecule has 0 atom stereocenters. The highest BCUT2D eigenvalue weighted by Gasteiger charge is 1.64. The topological polar surface area (TPSA) is 0 Å². The first kappa shape index (κ1) is 12.2. The molecule has 0 fully saturated rings. The molecule has 58 valence electrons. The lowest BCUT2D eigenvalue weighted by Crippen LogP contribution is -1.50. The monoisotopic (exact) mass is 158 g/mol. The van der Waals surface area contributed by atoms with Crippen molar-refractivity contribution in [3.63, 3.8) is 0 Å². The third kappa shape index (κ3) is 25.8. The highest BCUT2D eigenvalue weighted by atomic mass is 35.5. The van der Waals surface area contributed by atoms with Crippen molar-refractivity contribution in [2.75, 3.05) is 0 Å². The summed E-state index contributed by atoms with van der Waals surface area (Å²) >= 11 is 5.32. The second kappa shape index (κ2) is 8.51. The van der Waals surface area contributed by atoms with Crippen LogP contribution in [0.15, 0.2) is 35.9 Å². The van der Waals surface area contributed by atoms with Crippen LogP contribution in [0, 0.1) is 0 Å². The molecule has 0 bridgehead atoms. The lowest BCUT2D eigenvalue weighted by molar-refractivity contribution is 1.58. The van der Waals surface area contributed by atoms with E-state index in [1.54, 1.807) is 6.08 Å². The minimum absolute atomic E-state index is 0.852. The second-order valence-corrected chi connectivity index (χ2v) is 2.52. The Labute approximate surface area is 68.9 Å². The maximum absolute atomic E-state index is 5.32. The Hall–Kier alpha value is -0.490. The number of halogens is 1. The average molecular weight is 159 g/mol. The summed E-state index contributed by atoms with van der Waals surface area (Å²) in [5.74, 6) is 0. The second-order valence-electron chi connectivity index (χ2n) is 1.93. The summed E-state index contributed by atoms with van der Waals surface area (Å²) in [7, 11) is 0. The van der Waals surface area contributed by atoms with Gasteiger partial charge in [-0.2, -0.15) is 0 Å². The lowest BCUT2D eigenvalue weighted by Gasteiger charge is -1.71. The summed E-state index contributed by atoms with van der Waals surface area (Å²) in [4.78, 5) is 0. The molecule has 0 rings (SSSR count). The molecule has 0 aliphatic heterocycles. The van der Waals surface area contributed by atoms with Gasteiger partial charge in [0.15, 0.2) is 0 Å². The first-order valence-electron chi connectivity index (χ1n) is 3.11. The van der Waals surface area contributed by atoms with Gasteiger partial charge in [0.05, 0.1) is 0 Å². The number of allylic oxidation sites excluding steroid dienone is 4. The number of rotatable bonds is 1. The highest BCUT2D eigenvalue weighted by molar-refractivity contribution is 6.29. The summed E-state index contributed by atoms with van der Waals surface area (Å²) in [6.07, 6.45) is 3.57. The van der Waals surface area contributed by atoms with Crippen LogP contribution < -0.4 is 0 Å². The molecule has 0 aromatic carbocycles. The minimum Gasteiger partial charge on any atom is -0.0988 e. The fourth-order valence-electron chi connectivity index (χ4n) is 0. The third-order valence-electron chi connectivity index (χ3n) is 0.746. The van der Waals surface area contributed by atoms with Crippen molar-refractivity contribution < 1.29 is 0 Å². The van der Waals surface area contributed by atoms with E-state index in [0.29, 0.717) is 0 Å². The van der Waals surface area contributed by atoms with E-state index in [0.717, 1.165) is 10.6 Å². The predicted octanol–water partition coefficient (Wildman–Crippen LogP) is 3.90. The van der Waals surface area contributed by atoms with Gasteiger partial charge in [0.25, 0.3) is 0 Å². The van der Waals surface area contributed by atoms with Crippen LogP contribution in [-0.2, 0) is 0 Å². The Bertz CT molecular complexity index is 128. The van der Waals surface area contributed by atoms with Crippen LogP contribution in [0.1, 0.15) is 20.8 Å². The molecular formula is C9H15Cl. The van der Waals surface area contributed by atoms with Crippen LogP contribution >= 0.6 is 11.6 Å². The SMILES string of the molecule is C/C=C(\C)Cl.C=CC(=C)C. The Kier molecular flexibility index (Phi) is 10.4. The van der Waals surface area contributed by atoms with Crippen molar-refractivity contribution in [2.24, 2.45) is 0 Å². The summed E-state index contributed by atoms with van der Waals surface area (Å²) in [5.41, 5.74) is 1.02. The molecular weight excluding hydrogens is 144 g/mol. The van der Waals surface area contributed by atoms with Gasteiger partial charge >= 0.3 is 0 Å². The Balaban J connectivity index is 0. The van der Waals surface area contributed by atoms with Gasteiger partial charge in [-0.3, -0.25) is 0 Å². The van der Waals surface area contributed by atoms with E-state index < -0.39 is 0 Å². The maximum atomic E-state index is 5.32. The molecule has 0 nitrogen and oxygen atoms in total. The summed E-state index contributed by atoms with van der Waals surface area (Å²) in [6.45, 7) is 12.7. The Morgan fingerprint density at radius 3 is 1.60 bits per heavy atom. The van der Waals surface area contributed by atoms with Gasteiger partial charge in [0, 0.05) is 5.03 Å². The largest absolute Gasteiger partial charge is 0.0988 e. The molecule has 0 aliphatic carbocycles. The molecule has 0 aliphatic rings. The van der Waals surface area contributed by atoms with E-state index in [-0.39, 0.29) is 0 Å².